The molecule has 0 spiro atoms. The summed E-state index contributed by atoms with van der Waals surface area (Å²) in [6.45, 7) is 8.21. The molecule has 0 amide bonds. The first kappa shape index (κ1) is 28.1. The second-order valence-electron chi connectivity index (χ2n) is 5.83. The van der Waals surface area contributed by atoms with Crippen LogP contribution in [-0.2, 0) is 10.0 Å². The SMILES string of the molecule is C#C.CC.CC=NC.CCCNS(=O)(=O)c1ccc(-c2c[nH]c3cc(F)ccc23)cc1. The zero-order valence-corrected chi connectivity index (χ0v) is 19.6. The van der Waals surface area contributed by atoms with Gasteiger partial charge in [0, 0.05) is 36.3 Å². The number of aromatic amines is 1. The average Bonchev–Trinajstić information content (AvgIpc) is 3.23. The van der Waals surface area contributed by atoms with Crippen molar-refractivity contribution in [2.45, 2.75) is 39.0 Å². The van der Waals surface area contributed by atoms with Gasteiger partial charge in [-0.05, 0) is 55.5 Å². The molecule has 0 bridgehead atoms. The third kappa shape index (κ3) is 8.36. The lowest BCUT2D eigenvalue weighted by molar-refractivity contribution is 0.581. The normalized spacial score (nSPS) is 10.3. The van der Waals surface area contributed by atoms with E-state index >= 15 is 0 Å². The number of halogens is 1. The largest absolute Gasteiger partial charge is 0.360 e. The fraction of sp³-hybridized carbons (Fsp3) is 0.292. The van der Waals surface area contributed by atoms with Crippen LogP contribution in [0, 0.1) is 18.7 Å². The monoisotopic (exact) mass is 445 g/mol. The molecule has 0 radical (unpaired) electrons. The van der Waals surface area contributed by atoms with Crippen molar-refractivity contribution >= 4 is 27.1 Å². The molecule has 0 saturated heterocycles. The molecule has 3 rings (SSSR count). The van der Waals surface area contributed by atoms with Crippen molar-refractivity contribution in [1.29, 1.82) is 0 Å². The fourth-order valence-electron chi connectivity index (χ4n) is 2.47. The van der Waals surface area contributed by atoms with Crippen molar-refractivity contribution in [2.24, 2.45) is 4.99 Å². The number of H-pyrrole nitrogens is 1. The zero-order chi connectivity index (χ0) is 23.9. The number of nitrogens with zero attached hydrogens (tertiary/aromatic N) is 1. The van der Waals surface area contributed by atoms with Crippen LogP contribution in [0.4, 0.5) is 4.39 Å². The highest BCUT2D eigenvalue weighted by atomic mass is 32.2. The molecule has 2 aromatic carbocycles. The summed E-state index contributed by atoms with van der Waals surface area (Å²) in [5.74, 6) is -0.297. The molecule has 7 heteroatoms. The van der Waals surface area contributed by atoms with Gasteiger partial charge in [-0.2, -0.15) is 0 Å². The summed E-state index contributed by atoms with van der Waals surface area (Å²) >= 11 is 0. The van der Waals surface area contributed by atoms with E-state index in [0.717, 1.165) is 22.9 Å². The summed E-state index contributed by atoms with van der Waals surface area (Å²) in [5.41, 5.74) is 2.49. The van der Waals surface area contributed by atoms with Gasteiger partial charge in [0.15, 0.2) is 0 Å². The molecular formula is C24H32FN3O2S. The van der Waals surface area contributed by atoms with Gasteiger partial charge in [-0.15, -0.1) is 12.8 Å². The Morgan fingerprint density at radius 1 is 1.13 bits per heavy atom. The molecule has 0 atom stereocenters. The van der Waals surface area contributed by atoms with Crippen molar-refractivity contribution in [2.75, 3.05) is 13.6 Å². The Hall–Kier alpha value is -2.95. The third-order valence-electron chi connectivity index (χ3n) is 3.92. The van der Waals surface area contributed by atoms with Gasteiger partial charge in [0.1, 0.15) is 5.82 Å². The molecule has 0 saturated carbocycles. The van der Waals surface area contributed by atoms with Crippen LogP contribution in [0.15, 0.2) is 58.5 Å². The summed E-state index contributed by atoms with van der Waals surface area (Å²) < 4.78 is 39.9. The van der Waals surface area contributed by atoms with Crippen LogP contribution < -0.4 is 4.72 Å². The molecule has 5 nitrogen and oxygen atoms in total. The molecule has 2 N–H and O–H groups in total. The number of hydrogen-bond acceptors (Lipinski definition) is 3. The van der Waals surface area contributed by atoms with E-state index in [1.807, 2.05) is 27.7 Å². The van der Waals surface area contributed by atoms with Crippen LogP contribution in [-0.4, -0.2) is 33.2 Å². The standard InChI is InChI=1S/C17H17FN2O2S.C3H7N.C2H6.C2H2/c1-2-9-20-23(21,22)14-6-3-12(4-7-14)16-11-19-17-10-13(18)5-8-15(16)17;1-3-4-2;2*1-2/h3-8,10-11,19-20H,2,9H2,1H3;3H,1-2H3;1-2H3;1-2H. The zero-order valence-electron chi connectivity index (χ0n) is 18.8. The van der Waals surface area contributed by atoms with Gasteiger partial charge in [-0.1, -0.05) is 32.9 Å². The lowest BCUT2D eigenvalue weighted by atomic mass is 10.1. The fourth-order valence-corrected chi connectivity index (χ4v) is 3.60. The maximum atomic E-state index is 13.2. The van der Waals surface area contributed by atoms with Gasteiger partial charge in [0.05, 0.1) is 4.90 Å². The maximum Gasteiger partial charge on any atom is 0.240 e. The van der Waals surface area contributed by atoms with E-state index in [4.69, 9.17) is 0 Å². The lowest BCUT2D eigenvalue weighted by Crippen LogP contribution is -2.24. The van der Waals surface area contributed by atoms with Gasteiger partial charge in [-0.3, -0.25) is 0 Å². The lowest BCUT2D eigenvalue weighted by Gasteiger charge is -2.06. The van der Waals surface area contributed by atoms with Crippen molar-refractivity contribution in [3.63, 3.8) is 0 Å². The number of nitrogens with one attached hydrogen (secondary N) is 2. The Balaban J connectivity index is 0.000000992. The van der Waals surface area contributed by atoms with E-state index in [1.165, 1.54) is 12.1 Å². The van der Waals surface area contributed by atoms with E-state index in [0.29, 0.717) is 12.1 Å². The number of terminal acetylenes is 1. The first-order valence-electron chi connectivity index (χ1n) is 9.99. The van der Waals surface area contributed by atoms with Gasteiger partial charge in [-0.25, -0.2) is 17.5 Å². The predicted molar refractivity (Wildman–Crippen MR) is 131 cm³/mol. The second-order valence-corrected chi connectivity index (χ2v) is 7.60. The van der Waals surface area contributed by atoms with Crippen molar-refractivity contribution in [3.05, 3.63) is 54.5 Å². The van der Waals surface area contributed by atoms with Crippen molar-refractivity contribution in [1.82, 2.24) is 9.71 Å². The van der Waals surface area contributed by atoms with E-state index < -0.39 is 10.0 Å². The predicted octanol–water partition coefficient (Wildman–Crippen LogP) is 5.64. The first-order chi connectivity index (χ1) is 14.9. The minimum absolute atomic E-state index is 0.237. The molecule has 1 aromatic heterocycles. The average molecular weight is 446 g/mol. The Kier molecular flexibility index (Phi) is 13.5. The molecule has 3 aromatic rings. The van der Waals surface area contributed by atoms with Crippen LogP contribution in [0.25, 0.3) is 22.0 Å². The topological polar surface area (TPSA) is 74.3 Å². The van der Waals surface area contributed by atoms with E-state index in [9.17, 15) is 12.8 Å². The Morgan fingerprint density at radius 3 is 2.23 bits per heavy atom. The molecule has 0 aliphatic carbocycles. The molecule has 0 aliphatic heterocycles. The highest BCUT2D eigenvalue weighted by molar-refractivity contribution is 7.89. The molecule has 0 aliphatic rings. The van der Waals surface area contributed by atoms with E-state index in [2.05, 4.69) is 27.5 Å². The maximum absolute atomic E-state index is 13.2. The summed E-state index contributed by atoms with van der Waals surface area (Å²) in [4.78, 5) is 6.88. The van der Waals surface area contributed by atoms with Gasteiger partial charge in [0.25, 0.3) is 0 Å². The molecule has 31 heavy (non-hydrogen) atoms. The Labute approximate surface area is 185 Å². The van der Waals surface area contributed by atoms with Gasteiger partial charge < -0.3 is 9.98 Å². The summed E-state index contributed by atoms with van der Waals surface area (Å²) in [6.07, 6.45) is 12.3. The van der Waals surface area contributed by atoms with Crippen LogP contribution in [0.5, 0.6) is 0 Å². The van der Waals surface area contributed by atoms with Crippen LogP contribution >= 0.6 is 0 Å². The number of rotatable bonds is 5. The minimum Gasteiger partial charge on any atom is -0.360 e. The summed E-state index contributed by atoms with van der Waals surface area (Å²) in [6, 6.07) is 11.2. The number of benzene rings is 2. The summed E-state index contributed by atoms with van der Waals surface area (Å²) in [5, 5.41) is 0.895. The number of hydrogen-bond donors (Lipinski definition) is 2. The number of aliphatic imine (C=N–C) groups is 1. The smallest absolute Gasteiger partial charge is 0.240 e. The van der Waals surface area contributed by atoms with E-state index in [-0.39, 0.29) is 10.7 Å². The first-order valence-corrected chi connectivity index (χ1v) is 11.5. The second kappa shape index (κ2) is 14.9. The molecule has 1 heterocycles. The third-order valence-corrected chi connectivity index (χ3v) is 5.40. The quantitative estimate of drug-likeness (QED) is 0.394. The van der Waals surface area contributed by atoms with Crippen LogP contribution in [0.3, 0.4) is 0 Å². The van der Waals surface area contributed by atoms with Gasteiger partial charge >= 0.3 is 0 Å². The highest BCUT2D eigenvalue weighted by Gasteiger charge is 2.13. The molecule has 0 fully saturated rings. The number of aromatic nitrogens is 1. The Morgan fingerprint density at radius 2 is 1.71 bits per heavy atom. The summed E-state index contributed by atoms with van der Waals surface area (Å²) in [7, 11) is -1.71. The van der Waals surface area contributed by atoms with Gasteiger partial charge in [0.2, 0.25) is 10.0 Å². The molecule has 0 unspecified atom stereocenters. The number of fused-ring (bicyclic) bond motifs is 1. The number of sulfonamides is 1. The van der Waals surface area contributed by atoms with Crippen molar-refractivity contribution in [3.8, 4) is 24.0 Å². The molecule has 168 valence electrons. The minimum atomic E-state index is -3.46. The van der Waals surface area contributed by atoms with Crippen molar-refractivity contribution < 1.29 is 12.8 Å². The van der Waals surface area contributed by atoms with Crippen LogP contribution in [0.1, 0.15) is 34.1 Å². The van der Waals surface area contributed by atoms with Crippen LogP contribution in [0.2, 0.25) is 0 Å². The van der Waals surface area contributed by atoms with E-state index in [1.54, 1.807) is 49.8 Å². The Bertz CT molecular complexity index is 1050. The molecular weight excluding hydrogens is 413 g/mol. The highest BCUT2D eigenvalue weighted by Crippen LogP contribution is 2.29.